The van der Waals surface area contributed by atoms with Gasteiger partial charge in [0.25, 0.3) is 0 Å². The molecule has 0 amide bonds. The van der Waals surface area contributed by atoms with E-state index < -0.39 is 0 Å². The van der Waals surface area contributed by atoms with Gasteiger partial charge in [-0.25, -0.2) is 0 Å². The van der Waals surface area contributed by atoms with Crippen molar-refractivity contribution in [1.29, 1.82) is 0 Å². The third-order valence-electron chi connectivity index (χ3n) is 3.08. The molecule has 0 aliphatic carbocycles. The molecule has 9 heteroatoms. The van der Waals surface area contributed by atoms with E-state index in [1.54, 1.807) is 16.3 Å². The average molecular weight is 364 g/mol. The van der Waals surface area contributed by atoms with Crippen molar-refractivity contribution >= 4 is 39.7 Å². The first-order valence-electron chi connectivity index (χ1n) is 6.72. The van der Waals surface area contributed by atoms with Gasteiger partial charge in [-0.2, -0.15) is 9.61 Å². The van der Waals surface area contributed by atoms with Gasteiger partial charge in [0.2, 0.25) is 4.96 Å². The predicted octanol–water partition coefficient (Wildman–Crippen LogP) is 4.09. The van der Waals surface area contributed by atoms with E-state index >= 15 is 0 Å². The van der Waals surface area contributed by atoms with E-state index in [-0.39, 0.29) is 0 Å². The zero-order valence-corrected chi connectivity index (χ0v) is 14.3. The molecule has 0 N–H and O–H groups in total. The lowest BCUT2D eigenvalue weighted by Crippen LogP contribution is -1.94. The second-order valence-electron chi connectivity index (χ2n) is 4.78. The van der Waals surface area contributed by atoms with Crippen LogP contribution in [0.3, 0.4) is 0 Å². The molecule has 0 spiro atoms. The van der Waals surface area contributed by atoms with Crippen LogP contribution >= 0.6 is 34.7 Å². The molecule has 4 rings (SSSR count). The number of hydrogen-bond acceptors (Lipinski definition) is 7. The molecule has 3 aromatic heterocycles. The molecule has 0 saturated carbocycles. The minimum absolute atomic E-state index is 0.670. The van der Waals surface area contributed by atoms with Gasteiger partial charge in [-0.15, -0.1) is 22.0 Å². The predicted molar refractivity (Wildman–Crippen MR) is 89.9 cm³/mol. The van der Waals surface area contributed by atoms with Crippen LogP contribution in [0, 0.1) is 6.92 Å². The Morgan fingerprint density at radius 2 is 2.09 bits per heavy atom. The zero-order valence-electron chi connectivity index (χ0n) is 11.9. The Bertz CT molecular complexity index is 959. The number of nitrogens with zero attached hydrogens (tertiary/aromatic N) is 5. The van der Waals surface area contributed by atoms with Crippen molar-refractivity contribution in [2.45, 2.75) is 17.6 Å². The zero-order chi connectivity index (χ0) is 15.8. The Kier molecular flexibility index (Phi) is 3.80. The van der Waals surface area contributed by atoms with Gasteiger partial charge < -0.3 is 4.52 Å². The lowest BCUT2D eigenvalue weighted by molar-refractivity contribution is 0.399. The second-order valence-corrected chi connectivity index (χ2v) is 7.22. The molecule has 6 nitrogen and oxygen atoms in total. The summed E-state index contributed by atoms with van der Waals surface area (Å²) < 4.78 is 6.85. The molecule has 0 bridgehead atoms. The summed E-state index contributed by atoms with van der Waals surface area (Å²) in [6.45, 7) is 1.85. The standard InChI is InChI=1S/C14H10ClN5OS2/c1-8-6-11(19-21-8)13-18-20-12(16-17-14(20)23-13)7-22-10-4-2-9(15)3-5-10/h2-6H,7H2,1H3. The van der Waals surface area contributed by atoms with Gasteiger partial charge in [-0.3, -0.25) is 0 Å². The summed E-state index contributed by atoms with van der Waals surface area (Å²) in [5.74, 6) is 2.22. The highest BCUT2D eigenvalue weighted by molar-refractivity contribution is 7.98. The number of fused-ring (bicyclic) bond motifs is 1. The fourth-order valence-electron chi connectivity index (χ4n) is 2.00. The smallest absolute Gasteiger partial charge is 0.235 e. The van der Waals surface area contributed by atoms with Gasteiger partial charge in [-0.1, -0.05) is 28.1 Å². The minimum Gasteiger partial charge on any atom is -0.361 e. The number of hydrogen-bond donors (Lipinski definition) is 0. The summed E-state index contributed by atoms with van der Waals surface area (Å²) in [5.41, 5.74) is 0.717. The highest BCUT2D eigenvalue weighted by Gasteiger charge is 2.15. The molecule has 4 aromatic rings. The van der Waals surface area contributed by atoms with Crippen LogP contribution in [0.2, 0.25) is 5.02 Å². The van der Waals surface area contributed by atoms with Crippen molar-refractivity contribution < 1.29 is 4.52 Å². The molecule has 0 saturated heterocycles. The van der Waals surface area contributed by atoms with Crippen LogP contribution in [0.15, 0.2) is 39.8 Å². The van der Waals surface area contributed by atoms with Gasteiger partial charge in [0, 0.05) is 16.0 Å². The van der Waals surface area contributed by atoms with Crippen LogP contribution in [0.5, 0.6) is 0 Å². The van der Waals surface area contributed by atoms with Crippen LogP contribution in [0.1, 0.15) is 11.6 Å². The molecule has 0 radical (unpaired) electrons. The molecular formula is C14H10ClN5OS2. The number of benzene rings is 1. The molecule has 3 heterocycles. The fraction of sp³-hybridized carbons (Fsp3) is 0.143. The number of thioether (sulfide) groups is 1. The van der Waals surface area contributed by atoms with Crippen LogP contribution in [0.4, 0.5) is 0 Å². The first kappa shape index (κ1) is 14.7. The van der Waals surface area contributed by atoms with Crippen molar-refractivity contribution in [1.82, 2.24) is 25.0 Å². The van der Waals surface area contributed by atoms with E-state index in [9.17, 15) is 0 Å². The maximum absolute atomic E-state index is 5.89. The minimum atomic E-state index is 0.670. The maximum atomic E-state index is 5.89. The molecule has 23 heavy (non-hydrogen) atoms. The molecule has 0 fully saturated rings. The van der Waals surface area contributed by atoms with Crippen molar-refractivity contribution in [3.8, 4) is 10.7 Å². The maximum Gasteiger partial charge on any atom is 0.235 e. The van der Waals surface area contributed by atoms with Gasteiger partial charge in [0.1, 0.15) is 11.5 Å². The lowest BCUT2D eigenvalue weighted by Gasteiger charge is -1.99. The highest BCUT2D eigenvalue weighted by Crippen LogP contribution is 2.27. The van der Waals surface area contributed by atoms with E-state index in [0.717, 1.165) is 31.5 Å². The molecule has 0 aliphatic rings. The van der Waals surface area contributed by atoms with Gasteiger partial charge in [-0.05, 0) is 31.2 Å². The molecule has 0 atom stereocenters. The fourth-order valence-corrected chi connectivity index (χ4v) is 3.74. The van der Waals surface area contributed by atoms with Crippen molar-refractivity contribution in [2.75, 3.05) is 0 Å². The quantitative estimate of drug-likeness (QED) is 0.508. The van der Waals surface area contributed by atoms with E-state index in [1.807, 2.05) is 37.3 Å². The topological polar surface area (TPSA) is 69.1 Å². The number of aromatic nitrogens is 5. The summed E-state index contributed by atoms with van der Waals surface area (Å²) in [4.78, 5) is 1.86. The molecule has 0 unspecified atom stereocenters. The van der Waals surface area contributed by atoms with Gasteiger partial charge >= 0.3 is 0 Å². The average Bonchev–Trinajstić information content (AvgIpc) is 3.22. The molecule has 116 valence electrons. The SMILES string of the molecule is Cc1cc(-c2nn3c(CSc4ccc(Cl)cc4)nnc3s2)no1. The van der Waals surface area contributed by atoms with Gasteiger partial charge in [0.15, 0.2) is 10.8 Å². The Hall–Kier alpha value is -1.90. The highest BCUT2D eigenvalue weighted by atomic mass is 35.5. The third-order valence-corrected chi connectivity index (χ3v) is 5.27. The Balaban J connectivity index is 1.58. The van der Waals surface area contributed by atoms with E-state index in [0.29, 0.717) is 11.4 Å². The summed E-state index contributed by atoms with van der Waals surface area (Å²) >= 11 is 8.99. The number of halogens is 1. The Morgan fingerprint density at radius 3 is 2.83 bits per heavy atom. The normalized spacial score (nSPS) is 11.4. The summed E-state index contributed by atoms with van der Waals surface area (Å²) in [6, 6.07) is 9.56. The number of aryl methyl sites for hydroxylation is 1. The van der Waals surface area contributed by atoms with Crippen LogP contribution in [-0.4, -0.2) is 25.0 Å². The van der Waals surface area contributed by atoms with E-state index in [1.165, 1.54) is 11.3 Å². The van der Waals surface area contributed by atoms with Gasteiger partial charge in [0.05, 0.1) is 5.75 Å². The summed E-state index contributed by atoms with van der Waals surface area (Å²) in [6.07, 6.45) is 0. The van der Waals surface area contributed by atoms with E-state index in [2.05, 4.69) is 20.5 Å². The van der Waals surface area contributed by atoms with Crippen molar-refractivity contribution in [3.05, 3.63) is 46.9 Å². The first-order chi connectivity index (χ1) is 11.2. The molecule has 0 aliphatic heterocycles. The summed E-state index contributed by atoms with van der Waals surface area (Å²) in [7, 11) is 0. The van der Waals surface area contributed by atoms with Crippen molar-refractivity contribution in [3.63, 3.8) is 0 Å². The van der Waals surface area contributed by atoms with Crippen LogP contribution in [-0.2, 0) is 5.75 Å². The lowest BCUT2D eigenvalue weighted by atomic mass is 10.4. The number of rotatable bonds is 4. The largest absolute Gasteiger partial charge is 0.361 e. The Morgan fingerprint density at radius 1 is 1.26 bits per heavy atom. The van der Waals surface area contributed by atoms with Crippen LogP contribution < -0.4 is 0 Å². The van der Waals surface area contributed by atoms with Crippen molar-refractivity contribution in [2.24, 2.45) is 0 Å². The summed E-state index contributed by atoms with van der Waals surface area (Å²) in [5, 5.41) is 18.4. The Labute approximate surface area is 144 Å². The molecule has 1 aromatic carbocycles. The van der Waals surface area contributed by atoms with E-state index in [4.69, 9.17) is 16.1 Å². The molecular weight excluding hydrogens is 354 g/mol. The monoisotopic (exact) mass is 363 g/mol. The first-order valence-corrected chi connectivity index (χ1v) is 8.90. The third kappa shape index (κ3) is 2.97. The second kappa shape index (κ2) is 5.95. The van der Waals surface area contributed by atoms with Crippen LogP contribution in [0.25, 0.3) is 15.7 Å².